The summed E-state index contributed by atoms with van der Waals surface area (Å²) in [5.74, 6) is -0.158. The molecule has 0 unspecified atom stereocenters. The first-order chi connectivity index (χ1) is 10.3. The maximum absolute atomic E-state index is 12.0. The zero-order valence-electron chi connectivity index (χ0n) is 12.2. The highest BCUT2D eigenvalue weighted by Crippen LogP contribution is 2.18. The number of carbonyl (C=O) groups is 1. The van der Waals surface area contributed by atoms with Gasteiger partial charge in [-0.2, -0.15) is 13.2 Å². The zero-order chi connectivity index (χ0) is 16.6. The Morgan fingerprint density at radius 2 is 2.00 bits per heavy atom. The van der Waals surface area contributed by atoms with Gasteiger partial charge in [-0.05, 0) is 24.6 Å². The van der Waals surface area contributed by atoms with Crippen molar-refractivity contribution in [2.45, 2.75) is 25.7 Å². The molecule has 1 aromatic carbocycles. The van der Waals surface area contributed by atoms with Gasteiger partial charge in [-0.25, -0.2) is 0 Å². The van der Waals surface area contributed by atoms with Crippen LogP contribution in [0.2, 0.25) is 0 Å². The first-order valence-corrected chi connectivity index (χ1v) is 6.60. The predicted octanol–water partition coefficient (Wildman–Crippen LogP) is 2.84. The molecule has 1 rings (SSSR count). The van der Waals surface area contributed by atoms with Crippen molar-refractivity contribution in [2.75, 3.05) is 13.2 Å². The van der Waals surface area contributed by atoms with Gasteiger partial charge in [0.05, 0.1) is 6.61 Å². The van der Waals surface area contributed by atoms with Crippen molar-refractivity contribution in [1.82, 2.24) is 5.32 Å². The van der Waals surface area contributed by atoms with Crippen LogP contribution in [0.15, 0.2) is 36.9 Å². The molecule has 0 aliphatic heterocycles. The smallest absolute Gasteiger partial charge is 0.422 e. The van der Waals surface area contributed by atoms with Crippen LogP contribution in [-0.2, 0) is 16.1 Å². The van der Waals surface area contributed by atoms with Crippen molar-refractivity contribution < 1.29 is 27.4 Å². The monoisotopic (exact) mass is 317 g/mol. The van der Waals surface area contributed by atoms with E-state index in [2.05, 4.69) is 16.6 Å². The molecule has 0 bridgehead atoms. The quantitative estimate of drug-likeness (QED) is 0.750. The van der Waals surface area contributed by atoms with Crippen molar-refractivity contribution in [2.24, 2.45) is 0 Å². The molecule has 0 saturated carbocycles. The maximum Gasteiger partial charge on any atom is 0.422 e. The number of benzene rings is 1. The third-order valence-electron chi connectivity index (χ3n) is 2.63. The molecule has 0 saturated heterocycles. The molecule has 0 spiro atoms. The van der Waals surface area contributed by atoms with Crippen LogP contribution < -0.4 is 10.1 Å². The fourth-order valence-electron chi connectivity index (χ4n) is 1.49. The van der Waals surface area contributed by atoms with Crippen LogP contribution in [0.1, 0.15) is 12.5 Å². The van der Waals surface area contributed by atoms with Crippen molar-refractivity contribution in [3.8, 4) is 5.75 Å². The molecular weight excluding hydrogens is 299 g/mol. The van der Waals surface area contributed by atoms with Gasteiger partial charge in [-0.3, -0.25) is 4.79 Å². The van der Waals surface area contributed by atoms with Crippen LogP contribution in [0.3, 0.4) is 0 Å². The molecule has 1 atom stereocenters. The summed E-state index contributed by atoms with van der Waals surface area (Å²) in [6.07, 6.45) is -3.43. The Hall–Kier alpha value is -2.02. The molecule has 1 amide bonds. The molecule has 0 fully saturated rings. The van der Waals surface area contributed by atoms with Crippen LogP contribution in [0.5, 0.6) is 5.75 Å². The van der Waals surface area contributed by atoms with Crippen LogP contribution in [0, 0.1) is 0 Å². The summed E-state index contributed by atoms with van der Waals surface area (Å²) >= 11 is 0. The standard InChI is InChI=1S/C15H18F3NO3/c1-3-8-21-11(2)14(20)19-9-12-4-6-13(7-5-12)22-10-15(16,17)18/h3-7,11H,1,8-10H2,2H3,(H,19,20)/t11-/m0/s1. The second-order valence-corrected chi connectivity index (χ2v) is 4.53. The van der Waals surface area contributed by atoms with Gasteiger partial charge in [0.2, 0.25) is 5.91 Å². The number of hydrogen-bond donors (Lipinski definition) is 1. The van der Waals surface area contributed by atoms with Crippen molar-refractivity contribution in [3.63, 3.8) is 0 Å². The average Bonchev–Trinajstić information content (AvgIpc) is 2.48. The topological polar surface area (TPSA) is 47.6 Å². The number of hydrogen-bond acceptors (Lipinski definition) is 3. The maximum atomic E-state index is 12.0. The molecular formula is C15H18F3NO3. The molecule has 1 aromatic rings. The molecule has 0 aliphatic rings. The van der Waals surface area contributed by atoms with E-state index >= 15 is 0 Å². The highest BCUT2D eigenvalue weighted by molar-refractivity contribution is 5.80. The highest BCUT2D eigenvalue weighted by atomic mass is 19.4. The van der Waals surface area contributed by atoms with Crippen molar-refractivity contribution in [3.05, 3.63) is 42.5 Å². The lowest BCUT2D eigenvalue weighted by molar-refractivity contribution is -0.153. The number of ether oxygens (including phenoxy) is 2. The second kappa shape index (κ2) is 8.43. The number of nitrogens with one attached hydrogen (secondary N) is 1. The van der Waals surface area contributed by atoms with Crippen molar-refractivity contribution >= 4 is 5.91 Å². The van der Waals surface area contributed by atoms with E-state index < -0.39 is 18.9 Å². The first-order valence-electron chi connectivity index (χ1n) is 6.60. The summed E-state index contributed by atoms with van der Waals surface area (Å²) in [7, 11) is 0. The van der Waals surface area contributed by atoms with Crippen molar-refractivity contribution in [1.29, 1.82) is 0 Å². The van der Waals surface area contributed by atoms with Gasteiger partial charge >= 0.3 is 6.18 Å². The van der Waals surface area contributed by atoms with Crippen LogP contribution >= 0.6 is 0 Å². The summed E-state index contributed by atoms with van der Waals surface area (Å²) in [4.78, 5) is 11.7. The van der Waals surface area contributed by atoms with Gasteiger partial charge in [0, 0.05) is 6.54 Å². The molecule has 4 nitrogen and oxygen atoms in total. The van der Waals surface area contributed by atoms with E-state index in [0.29, 0.717) is 0 Å². The number of carbonyl (C=O) groups excluding carboxylic acids is 1. The Labute approximate surface area is 126 Å². The predicted molar refractivity (Wildman–Crippen MR) is 75.4 cm³/mol. The average molecular weight is 317 g/mol. The Balaban J connectivity index is 2.41. The number of halogens is 3. The third-order valence-corrected chi connectivity index (χ3v) is 2.63. The number of amides is 1. The summed E-state index contributed by atoms with van der Waals surface area (Å²) in [5.41, 5.74) is 0.739. The SMILES string of the molecule is C=CCO[C@@H](C)C(=O)NCc1ccc(OCC(F)(F)F)cc1. The Kier molecular flexibility index (Phi) is 6.91. The molecule has 0 heterocycles. The van der Waals surface area contributed by atoms with Gasteiger partial charge in [0.1, 0.15) is 11.9 Å². The minimum Gasteiger partial charge on any atom is -0.484 e. The zero-order valence-corrected chi connectivity index (χ0v) is 12.2. The van der Waals surface area contributed by atoms with E-state index in [1.165, 1.54) is 12.1 Å². The van der Waals surface area contributed by atoms with E-state index in [1.807, 2.05) is 0 Å². The van der Waals surface area contributed by atoms with E-state index in [9.17, 15) is 18.0 Å². The lowest BCUT2D eigenvalue weighted by Gasteiger charge is -2.13. The molecule has 0 aromatic heterocycles. The van der Waals surface area contributed by atoms with E-state index in [1.54, 1.807) is 25.1 Å². The fraction of sp³-hybridized carbons (Fsp3) is 0.400. The minimum absolute atomic E-state index is 0.120. The fourth-order valence-corrected chi connectivity index (χ4v) is 1.49. The Bertz CT molecular complexity index is 486. The summed E-state index contributed by atoms with van der Waals surface area (Å²) < 4.78 is 45.8. The molecule has 7 heteroatoms. The summed E-state index contributed by atoms with van der Waals surface area (Å²) in [6, 6.07) is 6.01. The molecule has 0 aliphatic carbocycles. The summed E-state index contributed by atoms with van der Waals surface area (Å²) in [6.45, 7) is 4.30. The van der Waals surface area contributed by atoms with Crippen LogP contribution in [0.4, 0.5) is 13.2 Å². The minimum atomic E-state index is -4.37. The van der Waals surface area contributed by atoms with Gasteiger partial charge < -0.3 is 14.8 Å². The highest BCUT2D eigenvalue weighted by Gasteiger charge is 2.28. The lowest BCUT2D eigenvalue weighted by Crippen LogP contribution is -2.34. The van der Waals surface area contributed by atoms with Gasteiger partial charge in [0.25, 0.3) is 0 Å². The number of alkyl halides is 3. The van der Waals surface area contributed by atoms with E-state index in [-0.39, 0.29) is 24.8 Å². The third kappa shape index (κ3) is 7.12. The largest absolute Gasteiger partial charge is 0.484 e. The first kappa shape index (κ1) is 18.0. The van der Waals surface area contributed by atoms with Crippen LogP contribution in [0.25, 0.3) is 0 Å². The van der Waals surface area contributed by atoms with Gasteiger partial charge in [0.15, 0.2) is 6.61 Å². The second-order valence-electron chi connectivity index (χ2n) is 4.53. The van der Waals surface area contributed by atoms with Crippen LogP contribution in [-0.4, -0.2) is 31.4 Å². The molecule has 122 valence electrons. The van der Waals surface area contributed by atoms with E-state index in [0.717, 1.165) is 5.56 Å². The molecule has 1 N–H and O–H groups in total. The van der Waals surface area contributed by atoms with E-state index in [4.69, 9.17) is 4.74 Å². The molecule has 0 radical (unpaired) electrons. The Morgan fingerprint density at radius 1 is 1.36 bits per heavy atom. The van der Waals surface area contributed by atoms with Gasteiger partial charge in [-0.1, -0.05) is 18.2 Å². The summed E-state index contributed by atoms with van der Waals surface area (Å²) in [5, 5.41) is 2.66. The lowest BCUT2D eigenvalue weighted by atomic mass is 10.2. The Morgan fingerprint density at radius 3 is 2.55 bits per heavy atom. The normalized spacial score (nSPS) is 12.5. The van der Waals surface area contributed by atoms with Gasteiger partial charge in [-0.15, -0.1) is 6.58 Å². The molecule has 22 heavy (non-hydrogen) atoms. The number of rotatable bonds is 8.